The minimum Gasteiger partial charge on any atom is -0.747 e. The van der Waals surface area contributed by atoms with Gasteiger partial charge in [0, 0.05) is 18.9 Å². The van der Waals surface area contributed by atoms with Gasteiger partial charge < -0.3 is 9.39 Å². The molecule has 182 valence electrons. The number of nitrogens with zero attached hydrogens (tertiary/aromatic N) is 2. The number of amides is 4. The van der Waals surface area contributed by atoms with Crippen LogP contribution in [-0.2, 0) is 43.7 Å². The lowest BCUT2D eigenvalue weighted by molar-refractivity contribution is -0.195. The highest BCUT2D eigenvalue weighted by atomic mass is 32.2. The van der Waals surface area contributed by atoms with Crippen molar-refractivity contribution < 1.29 is 46.6 Å². The highest BCUT2D eigenvalue weighted by Crippen LogP contribution is 2.32. The SMILES string of the molecule is CC(=O)C1CCC(CN2C(=O)CC(SCC(=O)ON3C(=O)CC(S(=O)(=O)[O-])C3=O)C2=O)CC1. The molecule has 2 heterocycles. The second-order valence-corrected chi connectivity index (χ2v) is 11.1. The van der Waals surface area contributed by atoms with Gasteiger partial charge in [-0.05, 0) is 38.5 Å². The number of imide groups is 2. The second-order valence-electron chi connectivity index (χ2n) is 8.35. The zero-order valence-electron chi connectivity index (χ0n) is 17.8. The number of hydrogen-bond acceptors (Lipinski definition) is 11. The first-order chi connectivity index (χ1) is 15.4. The van der Waals surface area contributed by atoms with Crippen molar-refractivity contribution in [1.82, 2.24) is 9.96 Å². The molecule has 2 aliphatic heterocycles. The van der Waals surface area contributed by atoms with E-state index in [9.17, 15) is 41.7 Å². The largest absolute Gasteiger partial charge is 0.747 e. The first-order valence-corrected chi connectivity index (χ1v) is 12.9. The predicted molar refractivity (Wildman–Crippen MR) is 110 cm³/mol. The Labute approximate surface area is 194 Å². The van der Waals surface area contributed by atoms with Crippen molar-refractivity contribution >= 4 is 57.3 Å². The molecule has 0 N–H and O–H groups in total. The molecule has 1 aliphatic carbocycles. The summed E-state index contributed by atoms with van der Waals surface area (Å²) in [5, 5.41) is -3.02. The van der Waals surface area contributed by atoms with Gasteiger partial charge in [-0.25, -0.2) is 13.2 Å². The quantitative estimate of drug-likeness (QED) is 0.304. The molecule has 33 heavy (non-hydrogen) atoms. The summed E-state index contributed by atoms with van der Waals surface area (Å²) >= 11 is 0.806. The maximum absolute atomic E-state index is 12.6. The van der Waals surface area contributed by atoms with Gasteiger partial charge >= 0.3 is 5.97 Å². The number of Topliss-reactive ketones (excluding diaryl/α,β-unsaturated/α-hetero) is 1. The minimum absolute atomic E-state index is 0.0268. The van der Waals surface area contributed by atoms with Crippen molar-refractivity contribution in [2.24, 2.45) is 11.8 Å². The average molecular weight is 504 g/mol. The van der Waals surface area contributed by atoms with Gasteiger partial charge in [0.25, 0.3) is 11.8 Å². The summed E-state index contributed by atoms with van der Waals surface area (Å²) in [4.78, 5) is 77.8. The topological polar surface area (TPSA) is 175 Å². The van der Waals surface area contributed by atoms with Crippen LogP contribution in [0.2, 0.25) is 0 Å². The Hall–Kier alpha value is -2.32. The highest BCUT2D eigenvalue weighted by molar-refractivity contribution is 8.01. The Balaban J connectivity index is 1.48. The first kappa shape index (κ1) is 25.3. The standard InChI is InChI=1S/C19H24N2O10S2/c1-10(22)12-4-2-11(3-5-12)8-20-15(23)6-13(18(20)26)32-9-17(25)31-21-16(24)7-14(19(21)27)33(28,29)30/h11-14H,2-9H2,1H3,(H,28,29,30)/p-1. The molecule has 1 saturated carbocycles. The van der Waals surface area contributed by atoms with Gasteiger partial charge in [-0.3, -0.25) is 28.9 Å². The van der Waals surface area contributed by atoms with Crippen LogP contribution in [0.25, 0.3) is 0 Å². The number of thioether (sulfide) groups is 1. The van der Waals surface area contributed by atoms with Gasteiger partial charge in [0.05, 0.1) is 17.4 Å². The molecule has 2 unspecified atom stereocenters. The Kier molecular flexibility index (Phi) is 7.59. The van der Waals surface area contributed by atoms with E-state index in [1.54, 1.807) is 6.92 Å². The lowest BCUT2D eigenvalue weighted by atomic mass is 9.80. The van der Waals surface area contributed by atoms with Crippen LogP contribution < -0.4 is 0 Å². The summed E-state index contributed by atoms with van der Waals surface area (Å²) in [5.74, 6) is -4.69. The van der Waals surface area contributed by atoms with E-state index < -0.39 is 56.5 Å². The smallest absolute Gasteiger partial charge is 0.343 e. The Morgan fingerprint density at radius 1 is 1.03 bits per heavy atom. The molecule has 12 nitrogen and oxygen atoms in total. The van der Waals surface area contributed by atoms with E-state index in [0.29, 0.717) is 0 Å². The molecule has 0 radical (unpaired) electrons. The van der Waals surface area contributed by atoms with Gasteiger partial charge in [0.15, 0.2) is 0 Å². The first-order valence-electron chi connectivity index (χ1n) is 10.4. The molecule has 0 spiro atoms. The lowest BCUT2D eigenvalue weighted by Gasteiger charge is -2.29. The van der Waals surface area contributed by atoms with Crippen LogP contribution >= 0.6 is 11.8 Å². The Morgan fingerprint density at radius 2 is 1.67 bits per heavy atom. The van der Waals surface area contributed by atoms with E-state index in [-0.39, 0.29) is 41.6 Å². The molecule has 0 bridgehead atoms. The molecule has 0 aromatic heterocycles. The maximum atomic E-state index is 12.6. The third-order valence-corrected chi connectivity index (χ3v) is 8.31. The van der Waals surface area contributed by atoms with Crippen molar-refractivity contribution in [3.63, 3.8) is 0 Å². The number of carbonyl (C=O) groups is 6. The van der Waals surface area contributed by atoms with E-state index in [4.69, 9.17) is 0 Å². The van der Waals surface area contributed by atoms with Crippen molar-refractivity contribution in [3.8, 4) is 0 Å². The second kappa shape index (κ2) is 9.89. The normalized spacial score (nSPS) is 28.5. The van der Waals surface area contributed by atoms with E-state index in [1.165, 1.54) is 4.90 Å². The Bertz CT molecular complexity index is 987. The molecular weight excluding hydrogens is 480 g/mol. The van der Waals surface area contributed by atoms with Gasteiger partial charge in [0.2, 0.25) is 11.8 Å². The number of ketones is 1. The fraction of sp³-hybridized carbons (Fsp3) is 0.684. The third kappa shape index (κ3) is 5.79. The molecule has 4 amide bonds. The van der Waals surface area contributed by atoms with E-state index in [1.807, 2.05) is 0 Å². The number of carbonyl (C=O) groups excluding carboxylic acids is 6. The molecule has 3 aliphatic rings. The molecular formula is C19H23N2O10S2-. The van der Waals surface area contributed by atoms with Crippen LogP contribution in [0.15, 0.2) is 0 Å². The molecule has 0 aromatic carbocycles. The zero-order valence-corrected chi connectivity index (χ0v) is 19.4. The third-order valence-electron chi connectivity index (χ3n) is 6.07. The highest BCUT2D eigenvalue weighted by Gasteiger charge is 2.46. The van der Waals surface area contributed by atoms with Gasteiger partial charge in [-0.1, -0.05) is 0 Å². The van der Waals surface area contributed by atoms with Gasteiger partial charge in [-0.2, -0.15) is 0 Å². The Morgan fingerprint density at radius 3 is 2.21 bits per heavy atom. The van der Waals surface area contributed by atoms with Gasteiger partial charge in [-0.15, -0.1) is 16.8 Å². The van der Waals surface area contributed by atoms with Crippen LogP contribution in [0.1, 0.15) is 45.4 Å². The van der Waals surface area contributed by atoms with Crippen LogP contribution in [0.3, 0.4) is 0 Å². The maximum Gasteiger partial charge on any atom is 0.343 e. The number of hydrogen-bond donors (Lipinski definition) is 0. The number of hydroxylamine groups is 2. The summed E-state index contributed by atoms with van der Waals surface area (Å²) in [7, 11) is -5.08. The fourth-order valence-corrected chi connectivity index (χ4v) is 5.79. The molecule has 3 rings (SSSR count). The molecule has 14 heteroatoms. The summed E-state index contributed by atoms with van der Waals surface area (Å²) in [6.07, 6.45) is 1.90. The molecule has 2 saturated heterocycles. The number of rotatable bonds is 8. The summed E-state index contributed by atoms with van der Waals surface area (Å²) in [6, 6.07) is 0. The molecule has 2 atom stereocenters. The lowest BCUT2D eigenvalue weighted by Crippen LogP contribution is -2.38. The fourth-order valence-electron chi connectivity index (χ4n) is 4.19. The number of likely N-dealkylation sites (tertiary alicyclic amines) is 1. The van der Waals surface area contributed by atoms with Crippen molar-refractivity contribution in [1.29, 1.82) is 0 Å². The summed E-state index contributed by atoms with van der Waals surface area (Å²) in [6.45, 7) is 1.82. The molecule has 3 fully saturated rings. The van der Waals surface area contributed by atoms with Gasteiger partial charge in [0.1, 0.15) is 21.2 Å². The molecule has 0 aromatic rings. The predicted octanol–water partition coefficient (Wildman–Crippen LogP) is -0.627. The van der Waals surface area contributed by atoms with Crippen molar-refractivity contribution in [3.05, 3.63) is 0 Å². The van der Waals surface area contributed by atoms with E-state index >= 15 is 0 Å². The van der Waals surface area contributed by atoms with E-state index in [2.05, 4.69) is 4.84 Å². The van der Waals surface area contributed by atoms with Crippen LogP contribution in [0, 0.1) is 11.8 Å². The average Bonchev–Trinajstić information content (AvgIpc) is 3.17. The summed E-state index contributed by atoms with van der Waals surface area (Å²) in [5.41, 5.74) is 0. The minimum atomic E-state index is -5.08. The van der Waals surface area contributed by atoms with Crippen LogP contribution in [0.5, 0.6) is 0 Å². The zero-order chi connectivity index (χ0) is 24.5. The van der Waals surface area contributed by atoms with Crippen LogP contribution in [-0.4, -0.2) is 81.1 Å². The van der Waals surface area contributed by atoms with Crippen molar-refractivity contribution in [2.75, 3.05) is 12.3 Å². The van der Waals surface area contributed by atoms with Crippen LogP contribution in [0.4, 0.5) is 0 Å². The summed E-state index contributed by atoms with van der Waals surface area (Å²) < 4.78 is 33.1. The van der Waals surface area contributed by atoms with Crippen molar-refractivity contribution in [2.45, 2.75) is 55.9 Å². The van der Waals surface area contributed by atoms with E-state index in [0.717, 1.165) is 37.4 Å². The monoisotopic (exact) mass is 503 g/mol.